The topological polar surface area (TPSA) is 43.1 Å². The summed E-state index contributed by atoms with van der Waals surface area (Å²) in [6.45, 7) is 4.46. The molecule has 0 spiro atoms. The molecule has 1 rings (SSSR count). The van der Waals surface area contributed by atoms with Crippen LogP contribution in [0.15, 0.2) is 0 Å². The Morgan fingerprint density at radius 3 is 2.50 bits per heavy atom. The van der Waals surface area contributed by atoms with Gasteiger partial charge in [0.15, 0.2) is 0 Å². The molecule has 2 unspecified atom stereocenters. The number of rotatable bonds is 6. The minimum atomic E-state index is 0.153. The third-order valence-electron chi connectivity index (χ3n) is 3.53. The van der Waals surface area contributed by atoms with E-state index in [-0.39, 0.29) is 5.92 Å². The van der Waals surface area contributed by atoms with E-state index in [1.165, 1.54) is 25.7 Å². The van der Waals surface area contributed by atoms with Gasteiger partial charge in [0.05, 0.1) is 0 Å². The van der Waals surface area contributed by atoms with Gasteiger partial charge in [-0.05, 0) is 31.2 Å². The minimum Gasteiger partial charge on any atom is -0.330 e. The van der Waals surface area contributed by atoms with Crippen molar-refractivity contribution in [2.45, 2.75) is 38.5 Å². The first-order valence-corrected chi connectivity index (χ1v) is 5.76. The molecule has 0 saturated heterocycles. The van der Waals surface area contributed by atoms with Crippen LogP contribution < -0.4 is 5.73 Å². The van der Waals surface area contributed by atoms with Crippen molar-refractivity contribution in [3.8, 4) is 0 Å². The maximum atomic E-state index is 11.0. The molecule has 2 nitrogen and oxygen atoms in total. The highest BCUT2D eigenvalue weighted by atomic mass is 16.1. The van der Waals surface area contributed by atoms with Crippen LogP contribution in [0.2, 0.25) is 0 Å². The number of hydrogen-bond acceptors (Lipinski definition) is 2. The zero-order chi connectivity index (χ0) is 10.4. The third kappa shape index (κ3) is 3.09. The first kappa shape index (κ1) is 11.7. The second-order valence-electron chi connectivity index (χ2n) is 4.47. The number of carbonyl (C=O) groups is 1. The third-order valence-corrected chi connectivity index (χ3v) is 3.53. The van der Waals surface area contributed by atoms with Crippen LogP contribution in [-0.4, -0.2) is 12.8 Å². The summed E-state index contributed by atoms with van der Waals surface area (Å²) in [7, 11) is 0. The molecular formula is C12H22NO. The van der Waals surface area contributed by atoms with Gasteiger partial charge in [0.25, 0.3) is 0 Å². The van der Waals surface area contributed by atoms with Crippen LogP contribution in [0.25, 0.3) is 0 Å². The monoisotopic (exact) mass is 196 g/mol. The lowest BCUT2D eigenvalue weighted by Gasteiger charge is -2.22. The molecule has 1 radical (unpaired) electrons. The largest absolute Gasteiger partial charge is 0.330 e. The zero-order valence-corrected chi connectivity index (χ0v) is 8.95. The lowest BCUT2D eigenvalue weighted by Crippen LogP contribution is -2.25. The molecule has 0 aliphatic heterocycles. The van der Waals surface area contributed by atoms with E-state index in [0.29, 0.717) is 12.5 Å². The molecule has 0 aromatic rings. The summed E-state index contributed by atoms with van der Waals surface area (Å²) in [4.78, 5) is 11.0. The normalized spacial score (nSPS) is 22.1. The average Bonchev–Trinajstić information content (AvgIpc) is 2.70. The van der Waals surface area contributed by atoms with E-state index in [4.69, 9.17) is 5.73 Å². The fourth-order valence-corrected chi connectivity index (χ4v) is 2.50. The smallest absolute Gasteiger partial charge is 0.123 e. The van der Waals surface area contributed by atoms with E-state index < -0.39 is 0 Å². The van der Waals surface area contributed by atoms with Gasteiger partial charge in [0, 0.05) is 5.92 Å². The van der Waals surface area contributed by atoms with Crippen LogP contribution in [0.1, 0.15) is 38.5 Å². The molecule has 1 fully saturated rings. The minimum absolute atomic E-state index is 0.153. The lowest BCUT2D eigenvalue weighted by atomic mass is 9.83. The lowest BCUT2D eigenvalue weighted by molar-refractivity contribution is -0.113. The predicted octanol–water partition coefficient (Wildman–Crippen LogP) is 2.18. The molecule has 0 amide bonds. The van der Waals surface area contributed by atoms with Crippen molar-refractivity contribution < 1.29 is 4.79 Å². The van der Waals surface area contributed by atoms with Crippen LogP contribution in [0, 0.1) is 24.7 Å². The Bertz CT molecular complexity index is 160. The fraction of sp³-hybridized carbons (Fsp3) is 0.833. The molecule has 0 bridgehead atoms. The molecule has 0 heterocycles. The predicted molar refractivity (Wildman–Crippen MR) is 58.6 cm³/mol. The van der Waals surface area contributed by atoms with E-state index in [1.807, 2.05) is 0 Å². The molecule has 1 aliphatic rings. The second kappa shape index (κ2) is 6.18. The van der Waals surface area contributed by atoms with Crippen molar-refractivity contribution in [2.24, 2.45) is 23.5 Å². The Morgan fingerprint density at radius 1 is 1.43 bits per heavy atom. The van der Waals surface area contributed by atoms with Gasteiger partial charge in [-0.15, -0.1) is 0 Å². The SMILES string of the molecule is [CH2]CC(CN)C(C=O)CC1CCCC1. The molecule has 0 aromatic heterocycles. The van der Waals surface area contributed by atoms with Gasteiger partial charge < -0.3 is 10.5 Å². The summed E-state index contributed by atoms with van der Waals surface area (Å²) in [5.41, 5.74) is 5.64. The molecule has 1 saturated carbocycles. The first-order chi connectivity index (χ1) is 6.81. The van der Waals surface area contributed by atoms with Crippen molar-refractivity contribution in [3.63, 3.8) is 0 Å². The van der Waals surface area contributed by atoms with Gasteiger partial charge in [-0.25, -0.2) is 0 Å². The molecule has 1 aliphatic carbocycles. The highest BCUT2D eigenvalue weighted by Gasteiger charge is 2.24. The van der Waals surface area contributed by atoms with E-state index >= 15 is 0 Å². The summed E-state index contributed by atoms with van der Waals surface area (Å²) in [5.74, 6) is 1.22. The van der Waals surface area contributed by atoms with Crippen LogP contribution in [0.3, 0.4) is 0 Å². The van der Waals surface area contributed by atoms with Gasteiger partial charge in [0.1, 0.15) is 6.29 Å². The van der Waals surface area contributed by atoms with Crippen molar-refractivity contribution in [1.82, 2.24) is 0 Å². The van der Waals surface area contributed by atoms with Crippen molar-refractivity contribution >= 4 is 6.29 Å². The number of nitrogens with two attached hydrogens (primary N) is 1. The highest BCUT2D eigenvalue weighted by Crippen LogP contribution is 2.32. The molecule has 81 valence electrons. The Labute approximate surface area is 87.2 Å². The van der Waals surface area contributed by atoms with Gasteiger partial charge in [-0.2, -0.15) is 0 Å². The highest BCUT2D eigenvalue weighted by molar-refractivity contribution is 5.54. The zero-order valence-electron chi connectivity index (χ0n) is 8.95. The summed E-state index contributed by atoms with van der Waals surface area (Å²) in [6, 6.07) is 0. The van der Waals surface area contributed by atoms with Gasteiger partial charge in [-0.1, -0.05) is 32.6 Å². The first-order valence-electron chi connectivity index (χ1n) is 5.76. The molecular weight excluding hydrogens is 174 g/mol. The Hall–Kier alpha value is -0.370. The van der Waals surface area contributed by atoms with Gasteiger partial charge >= 0.3 is 0 Å². The van der Waals surface area contributed by atoms with E-state index in [2.05, 4.69) is 6.92 Å². The Morgan fingerprint density at radius 2 is 2.07 bits per heavy atom. The quantitative estimate of drug-likeness (QED) is 0.662. The summed E-state index contributed by atoms with van der Waals surface area (Å²) >= 11 is 0. The molecule has 2 heteroatoms. The second-order valence-corrected chi connectivity index (χ2v) is 4.47. The van der Waals surface area contributed by atoms with Crippen LogP contribution >= 0.6 is 0 Å². The van der Waals surface area contributed by atoms with E-state index in [0.717, 1.165) is 25.0 Å². The van der Waals surface area contributed by atoms with Crippen molar-refractivity contribution in [2.75, 3.05) is 6.54 Å². The average molecular weight is 196 g/mol. The van der Waals surface area contributed by atoms with E-state index in [1.54, 1.807) is 0 Å². The van der Waals surface area contributed by atoms with Crippen molar-refractivity contribution in [1.29, 1.82) is 0 Å². The number of hydrogen-bond donors (Lipinski definition) is 1. The molecule has 0 aromatic carbocycles. The number of carbonyl (C=O) groups excluding carboxylic acids is 1. The molecule has 14 heavy (non-hydrogen) atoms. The van der Waals surface area contributed by atoms with Gasteiger partial charge in [-0.3, -0.25) is 0 Å². The Kier molecular flexibility index (Phi) is 5.16. The van der Waals surface area contributed by atoms with Crippen LogP contribution in [0.5, 0.6) is 0 Å². The number of aldehydes is 1. The summed E-state index contributed by atoms with van der Waals surface area (Å²) in [5, 5.41) is 0. The summed E-state index contributed by atoms with van der Waals surface area (Å²) in [6.07, 6.45) is 8.22. The maximum Gasteiger partial charge on any atom is 0.123 e. The van der Waals surface area contributed by atoms with E-state index in [9.17, 15) is 4.79 Å². The Balaban J connectivity index is 2.39. The van der Waals surface area contributed by atoms with Crippen molar-refractivity contribution in [3.05, 3.63) is 6.92 Å². The molecule has 2 atom stereocenters. The standard InChI is InChI=1S/C12H22NO/c1-2-11(8-13)12(9-14)7-10-5-3-4-6-10/h9-12H,1-8,13H2. The van der Waals surface area contributed by atoms with Gasteiger partial charge in [0.2, 0.25) is 0 Å². The molecule has 2 N–H and O–H groups in total. The summed E-state index contributed by atoms with van der Waals surface area (Å²) < 4.78 is 0. The van der Waals surface area contributed by atoms with Crippen LogP contribution in [0.4, 0.5) is 0 Å². The fourth-order valence-electron chi connectivity index (χ4n) is 2.50. The maximum absolute atomic E-state index is 11.0. The van der Waals surface area contributed by atoms with Crippen LogP contribution in [-0.2, 0) is 4.79 Å².